The maximum Gasteiger partial charge on any atom is 0.215 e. The number of rotatable bonds is 3. The molecule has 0 radical (unpaired) electrons. The van der Waals surface area contributed by atoms with E-state index in [9.17, 15) is 5.26 Å². The van der Waals surface area contributed by atoms with Crippen LogP contribution < -0.4 is 4.57 Å². The molecule has 1 heterocycles. The molecule has 0 amide bonds. The average molecular weight is 513 g/mol. The molecular formula is C36H30FN2+. The van der Waals surface area contributed by atoms with Gasteiger partial charge in [-0.15, -0.1) is 0 Å². The van der Waals surface area contributed by atoms with Crippen LogP contribution >= 0.6 is 0 Å². The summed E-state index contributed by atoms with van der Waals surface area (Å²) in [5.74, 6) is -0.751. The standard InChI is InChI=1S/C36H30FN2/c1-22-14-16-28-29-17-15-27(20-38)33(26-13-9-12-25(18-26)24-10-7-6-8-11-24)35(29)36(3,4)34(28)32(22)31-19-30(37)23(2)21-39(31)5/h6-19,21H,1-5H3/q+1/i2D3. The van der Waals surface area contributed by atoms with Crippen LogP contribution in [0.25, 0.3) is 44.6 Å². The van der Waals surface area contributed by atoms with E-state index < -0.39 is 18.1 Å². The van der Waals surface area contributed by atoms with E-state index in [2.05, 4.69) is 56.3 Å². The maximum absolute atomic E-state index is 15.3. The van der Waals surface area contributed by atoms with Crippen LogP contribution in [0, 0.1) is 30.9 Å². The lowest BCUT2D eigenvalue weighted by molar-refractivity contribution is -0.661. The van der Waals surface area contributed by atoms with Crippen molar-refractivity contribution in [1.82, 2.24) is 0 Å². The zero-order valence-electron chi connectivity index (χ0n) is 25.4. The molecule has 0 saturated heterocycles. The Balaban J connectivity index is 1.61. The van der Waals surface area contributed by atoms with Crippen LogP contribution in [0.2, 0.25) is 0 Å². The van der Waals surface area contributed by atoms with Gasteiger partial charge in [0.15, 0.2) is 6.20 Å². The molecule has 5 aromatic rings. The second-order valence-electron chi connectivity index (χ2n) is 10.8. The summed E-state index contributed by atoms with van der Waals surface area (Å²) in [5.41, 5.74) is 10.3. The molecule has 4 aromatic carbocycles. The molecule has 6 rings (SSSR count). The Labute approximate surface area is 233 Å². The fourth-order valence-electron chi connectivity index (χ4n) is 6.26. The van der Waals surface area contributed by atoms with Gasteiger partial charge < -0.3 is 0 Å². The summed E-state index contributed by atoms with van der Waals surface area (Å²) in [6.45, 7) is 3.74. The molecule has 1 aromatic heterocycles. The Bertz CT molecular complexity index is 1930. The minimum Gasteiger partial charge on any atom is -0.206 e. The van der Waals surface area contributed by atoms with E-state index in [0.29, 0.717) is 11.3 Å². The Hall–Kier alpha value is -4.55. The van der Waals surface area contributed by atoms with Crippen molar-refractivity contribution in [1.29, 1.82) is 5.26 Å². The Morgan fingerprint density at radius 2 is 1.46 bits per heavy atom. The molecule has 0 unspecified atom stereocenters. The summed E-state index contributed by atoms with van der Waals surface area (Å²) >= 11 is 0. The molecule has 0 N–H and O–H groups in total. The molecular weight excluding hydrogens is 479 g/mol. The van der Waals surface area contributed by atoms with Gasteiger partial charge in [-0.2, -0.15) is 5.26 Å². The number of benzene rings is 4. The molecule has 3 heteroatoms. The third-order valence-electron chi connectivity index (χ3n) is 8.02. The van der Waals surface area contributed by atoms with Crippen molar-refractivity contribution < 1.29 is 13.1 Å². The van der Waals surface area contributed by atoms with Crippen molar-refractivity contribution in [3.8, 4) is 50.7 Å². The van der Waals surface area contributed by atoms with Gasteiger partial charge in [0.1, 0.15) is 12.9 Å². The van der Waals surface area contributed by atoms with Gasteiger partial charge >= 0.3 is 0 Å². The summed E-state index contributed by atoms with van der Waals surface area (Å²) < 4.78 is 40.3. The number of nitrogens with zero attached hydrogens (tertiary/aromatic N) is 2. The van der Waals surface area contributed by atoms with Gasteiger partial charge in [0.25, 0.3) is 0 Å². The number of fused-ring (bicyclic) bond motifs is 3. The summed E-state index contributed by atoms with van der Waals surface area (Å²) in [5, 5.41) is 10.3. The monoisotopic (exact) mass is 512 g/mol. The number of nitriles is 1. The van der Waals surface area contributed by atoms with Gasteiger partial charge in [-0.05, 0) is 70.4 Å². The lowest BCUT2D eigenvalue weighted by Gasteiger charge is -2.27. The van der Waals surface area contributed by atoms with E-state index in [4.69, 9.17) is 4.11 Å². The summed E-state index contributed by atoms with van der Waals surface area (Å²) in [4.78, 5) is 0. The Kier molecular flexibility index (Phi) is 4.95. The quantitative estimate of drug-likeness (QED) is 0.223. The molecule has 0 atom stereocenters. The topological polar surface area (TPSA) is 27.7 Å². The van der Waals surface area contributed by atoms with Crippen LogP contribution in [0.5, 0.6) is 0 Å². The van der Waals surface area contributed by atoms with E-state index in [1.165, 1.54) is 12.3 Å². The summed E-state index contributed by atoms with van der Waals surface area (Å²) in [7, 11) is 1.76. The number of hydrogen-bond donors (Lipinski definition) is 0. The normalized spacial score (nSPS) is 14.5. The molecule has 0 bridgehead atoms. The average Bonchev–Trinajstić information content (AvgIpc) is 3.20. The van der Waals surface area contributed by atoms with Crippen molar-refractivity contribution in [2.75, 3.05) is 0 Å². The van der Waals surface area contributed by atoms with E-state index in [1.54, 1.807) is 11.6 Å². The van der Waals surface area contributed by atoms with Gasteiger partial charge in [-0.3, -0.25) is 0 Å². The van der Waals surface area contributed by atoms with Crippen molar-refractivity contribution in [3.63, 3.8) is 0 Å². The number of hydrogen-bond acceptors (Lipinski definition) is 1. The molecule has 0 saturated carbocycles. The molecule has 0 fully saturated rings. The van der Waals surface area contributed by atoms with Gasteiger partial charge in [-0.1, -0.05) is 80.6 Å². The molecule has 2 nitrogen and oxygen atoms in total. The van der Waals surface area contributed by atoms with Crippen LogP contribution in [-0.4, -0.2) is 0 Å². The van der Waals surface area contributed by atoms with E-state index in [-0.39, 0.29) is 5.56 Å². The van der Waals surface area contributed by atoms with Crippen molar-refractivity contribution in [2.24, 2.45) is 7.05 Å². The highest BCUT2D eigenvalue weighted by Gasteiger charge is 2.42. The molecule has 1 aliphatic rings. The van der Waals surface area contributed by atoms with Crippen molar-refractivity contribution in [2.45, 2.75) is 33.0 Å². The smallest absolute Gasteiger partial charge is 0.206 e. The van der Waals surface area contributed by atoms with Crippen molar-refractivity contribution >= 4 is 0 Å². The van der Waals surface area contributed by atoms with Crippen LogP contribution in [0.4, 0.5) is 4.39 Å². The third kappa shape index (κ3) is 3.79. The Morgan fingerprint density at radius 3 is 2.18 bits per heavy atom. The van der Waals surface area contributed by atoms with Crippen LogP contribution in [0.1, 0.15) is 45.8 Å². The largest absolute Gasteiger partial charge is 0.215 e. The summed E-state index contributed by atoms with van der Waals surface area (Å²) in [6.07, 6.45) is 1.37. The zero-order valence-corrected chi connectivity index (χ0v) is 22.4. The SMILES string of the molecule is [2H]C([2H])([2H])c1c[n+](C)c(-c2c(C)ccc3c2C(C)(C)c2c-3ccc(C#N)c2-c2cccc(-c3ccccc3)c2)cc1F. The highest BCUT2D eigenvalue weighted by Crippen LogP contribution is 2.56. The second-order valence-corrected chi connectivity index (χ2v) is 10.8. The molecule has 0 aliphatic heterocycles. The van der Waals surface area contributed by atoms with Gasteiger partial charge in [0.05, 0.1) is 17.2 Å². The first kappa shape index (κ1) is 21.4. The Morgan fingerprint density at radius 1 is 0.795 bits per heavy atom. The second kappa shape index (κ2) is 9.03. The lowest BCUT2D eigenvalue weighted by Crippen LogP contribution is -2.33. The van der Waals surface area contributed by atoms with E-state index in [1.807, 2.05) is 49.4 Å². The van der Waals surface area contributed by atoms with Gasteiger partial charge in [-0.25, -0.2) is 8.96 Å². The van der Waals surface area contributed by atoms with Crippen LogP contribution in [-0.2, 0) is 12.5 Å². The van der Waals surface area contributed by atoms with E-state index >= 15 is 4.39 Å². The highest BCUT2D eigenvalue weighted by molar-refractivity contribution is 5.95. The minimum atomic E-state index is -2.56. The highest BCUT2D eigenvalue weighted by atomic mass is 19.1. The lowest BCUT2D eigenvalue weighted by atomic mass is 9.75. The molecule has 0 spiro atoms. The number of pyridine rings is 1. The minimum absolute atomic E-state index is 0.305. The summed E-state index contributed by atoms with van der Waals surface area (Å²) in [6, 6.07) is 30.3. The van der Waals surface area contributed by atoms with Crippen molar-refractivity contribution in [3.05, 3.63) is 125 Å². The first-order chi connectivity index (χ1) is 19.9. The first-order valence-electron chi connectivity index (χ1n) is 14.5. The fourth-order valence-corrected chi connectivity index (χ4v) is 6.26. The van der Waals surface area contributed by atoms with Gasteiger partial charge in [0.2, 0.25) is 5.69 Å². The maximum atomic E-state index is 15.3. The molecule has 1 aliphatic carbocycles. The third-order valence-corrected chi connectivity index (χ3v) is 8.02. The first-order valence-corrected chi connectivity index (χ1v) is 13.0. The predicted molar refractivity (Wildman–Crippen MR) is 156 cm³/mol. The molecule has 39 heavy (non-hydrogen) atoms. The molecule has 190 valence electrons. The number of halogens is 1. The predicted octanol–water partition coefficient (Wildman–Crippen LogP) is 8.45. The van der Waals surface area contributed by atoms with Crippen LogP contribution in [0.15, 0.2) is 91.1 Å². The zero-order chi connectivity index (χ0) is 30.0. The van der Waals surface area contributed by atoms with E-state index in [0.717, 1.165) is 55.6 Å². The number of aromatic nitrogens is 1. The fraction of sp³-hybridized carbons (Fsp3) is 0.167. The number of aryl methyl sites for hydroxylation is 3. The van der Waals surface area contributed by atoms with Gasteiger partial charge in [0, 0.05) is 26.7 Å². The van der Waals surface area contributed by atoms with Crippen LogP contribution in [0.3, 0.4) is 0 Å².